The normalized spacial score (nSPS) is 30.4. The molecule has 2 aliphatic rings. The van der Waals surface area contributed by atoms with Crippen molar-refractivity contribution in [3.63, 3.8) is 0 Å². The van der Waals surface area contributed by atoms with Crippen molar-refractivity contribution in [1.29, 1.82) is 0 Å². The molecule has 0 bridgehead atoms. The minimum atomic E-state index is 0.0205. The fraction of sp³-hybridized carbons (Fsp3) is 0.941. The first-order valence-electron chi connectivity index (χ1n) is 8.12. The molecule has 20 heavy (non-hydrogen) atoms. The number of amides is 1. The Labute approximate surface area is 124 Å². The van der Waals surface area contributed by atoms with Crippen LogP contribution in [-0.2, 0) is 4.79 Å². The lowest BCUT2D eigenvalue weighted by molar-refractivity contribution is -0.136. The monoisotopic (exact) mass is 280 g/mol. The fourth-order valence-electron chi connectivity index (χ4n) is 4.37. The van der Waals surface area contributed by atoms with Crippen molar-refractivity contribution < 1.29 is 4.79 Å². The van der Waals surface area contributed by atoms with Gasteiger partial charge in [-0.1, -0.05) is 27.7 Å². The molecule has 0 aromatic heterocycles. The van der Waals surface area contributed by atoms with E-state index in [0.29, 0.717) is 35.5 Å². The number of rotatable bonds is 3. The molecule has 0 spiro atoms. The largest absolute Gasteiger partial charge is 0.337 e. The van der Waals surface area contributed by atoms with Gasteiger partial charge in [0, 0.05) is 31.6 Å². The maximum Gasteiger partial charge on any atom is 0.223 e. The number of nitrogens with one attached hydrogen (secondary N) is 1. The molecule has 3 heteroatoms. The second-order valence-corrected chi connectivity index (χ2v) is 8.76. The van der Waals surface area contributed by atoms with Crippen LogP contribution in [-0.4, -0.2) is 36.0 Å². The number of fused-ring (bicyclic) bond motifs is 1. The van der Waals surface area contributed by atoms with Crippen molar-refractivity contribution in [2.45, 2.75) is 59.9 Å². The summed E-state index contributed by atoms with van der Waals surface area (Å²) in [6.45, 7) is 16.6. The van der Waals surface area contributed by atoms with Crippen LogP contribution in [0.2, 0.25) is 0 Å². The van der Waals surface area contributed by atoms with Gasteiger partial charge in [-0.2, -0.15) is 0 Å². The van der Waals surface area contributed by atoms with Gasteiger partial charge < -0.3 is 10.2 Å². The Morgan fingerprint density at radius 2 is 2.00 bits per heavy atom. The predicted molar refractivity (Wildman–Crippen MR) is 83.5 cm³/mol. The molecule has 2 saturated heterocycles. The van der Waals surface area contributed by atoms with E-state index >= 15 is 0 Å². The molecule has 2 heterocycles. The van der Waals surface area contributed by atoms with E-state index in [1.807, 2.05) is 0 Å². The lowest BCUT2D eigenvalue weighted by atomic mass is 9.83. The van der Waals surface area contributed by atoms with Crippen LogP contribution in [0.3, 0.4) is 0 Å². The molecule has 116 valence electrons. The van der Waals surface area contributed by atoms with Crippen LogP contribution in [0.5, 0.6) is 0 Å². The molecule has 2 rings (SSSR count). The first-order valence-corrected chi connectivity index (χ1v) is 8.12. The maximum absolute atomic E-state index is 12.7. The van der Waals surface area contributed by atoms with Crippen LogP contribution in [0.15, 0.2) is 0 Å². The van der Waals surface area contributed by atoms with Gasteiger partial charge in [0.15, 0.2) is 0 Å². The molecule has 3 nitrogen and oxygen atoms in total. The van der Waals surface area contributed by atoms with Crippen LogP contribution in [0.25, 0.3) is 0 Å². The highest BCUT2D eigenvalue weighted by Gasteiger charge is 2.51. The Kier molecular flexibility index (Phi) is 4.21. The van der Waals surface area contributed by atoms with E-state index in [4.69, 9.17) is 0 Å². The van der Waals surface area contributed by atoms with Crippen LogP contribution in [0.4, 0.5) is 0 Å². The third-order valence-electron chi connectivity index (χ3n) is 5.14. The minimum absolute atomic E-state index is 0.0205. The van der Waals surface area contributed by atoms with Crippen LogP contribution in [0, 0.1) is 23.2 Å². The standard InChI is InChI=1S/C17H32N2O/c1-12(8-16(2,3)4)7-15(20)19-11-13-9-18-10-14(13)17(19,5)6/h12-14,18H,7-11H2,1-6H3. The first-order chi connectivity index (χ1) is 9.11. The first kappa shape index (κ1) is 15.8. The molecular formula is C17H32N2O. The highest BCUT2D eigenvalue weighted by Crippen LogP contribution is 2.41. The van der Waals surface area contributed by atoms with E-state index in [2.05, 4.69) is 51.8 Å². The van der Waals surface area contributed by atoms with E-state index in [9.17, 15) is 4.79 Å². The highest BCUT2D eigenvalue weighted by atomic mass is 16.2. The van der Waals surface area contributed by atoms with Gasteiger partial charge in [0.05, 0.1) is 0 Å². The maximum atomic E-state index is 12.7. The molecule has 2 fully saturated rings. The van der Waals surface area contributed by atoms with Crippen LogP contribution >= 0.6 is 0 Å². The molecule has 0 aromatic carbocycles. The van der Waals surface area contributed by atoms with Crippen molar-refractivity contribution >= 4 is 5.91 Å². The average molecular weight is 280 g/mol. The van der Waals surface area contributed by atoms with Gasteiger partial charge in [-0.3, -0.25) is 4.79 Å². The number of hydrogen-bond acceptors (Lipinski definition) is 2. The van der Waals surface area contributed by atoms with Crippen molar-refractivity contribution in [2.24, 2.45) is 23.2 Å². The minimum Gasteiger partial charge on any atom is -0.337 e. The number of nitrogens with zero attached hydrogens (tertiary/aromatic N) is 1. The summed E-state index contributed by atoms with van der Waals surface area (Å²) in [4.78, 5) is 14.9. The van der Waals surface area contributed by atoms with Crippen LogP contribution < -0.4 is 5.32 Å². The Hall–Kier alpha value is -0.570. The summed E-state index contributed by atoms with van der Waals surface area (Å²) < 4.78 is 0. The van der Waals surface area contributed by atoms with Crippen molar-refractivity contribution in [3.05, 3.63) is 0 Å². The highest BCUT2D eigenvalue weighted by molar-refractivity contribution is 5.77. The van der Waals surface area contributed by atoms with Gasteiger partial charge in [-0.15, -0.1) is 0 Å². The molecular weight excluding hydrogens is 248 g/mol. The summed E-state index contributed by atoms with van der Waals surface area (Å²) in [6, 6.07) is 0. The topological polar surface area (TPSA) is 32.3 Å². The molecule has 0 aliphatic carbocycles. The van der Waals surface area contributed by atoms with E-state index in [0.717, 1.165) is 26.1 Å². The summed E-state index contributed by atoms with van der Waals surface area (Å²) >= 11 is 0. The second-order valence-electron chi connectivity index (χ2n) is 8.76. The second kappa shape index (κ2) is 5.32. The lowest BCUT2D eigenvalue weighted by Gasteiger charge is -2.36. The van der Waals surface area contributed by atoms with Gasteiger partial charge >= 0.3 is 0 Å². The van der Waals surface area contributed by atoms with Crippen molar-refractivity contribution in [2.75, 3.05) is 19.6 Å². The third kappa shape index (κ3) is 3.19. The number of hydrogen-bond donors (Lipinski definition) is 1. The van der Waals surface area contributed by atoms with Crippen molar-refractivity contribution in [1.82, 2.24) is 10.2 Å². The van der Waals surface area contributed by atoms with Gasteiger partial charge in [0.2, 0.25) is 5.91 Å². The summed E-state index contributed by atoms with van der Waals surface area (Å²) in [5, 5.41) is 3.47. The molecule has 0 aromatic rings. The summed E-state index contributed by atoms with van der Waals surface area (Å²) in [7, 11) is 0. The van der Waals surface area contributed by atoms with E-state index in [-0.39, 0.29) is 5.54 Å². The van der Waals surface area contributed by atoms with Gasteiger partial charge in [-0.05, 0) is 43.4 Å². The summed E-state index contributed by atoms with van der Waals surface area (Å²) in [6.07, 6.45) is 1.81. The smallest absolute Gasteiger partial charge is 0.223 e. The molecule has 2 aliphatic heterocycles. The van der Waals surface area contributed by atoms with Crippen LogP contribution in [0.1, 0.15) is 54.4 Å². The Balaban J connectivity index is 1.96. The predicted octanol–water partition coefficient (Wildman–Crippen LogP) is 2.91. The zero-order chi connectivity index (χ0) is 15.1. The number of carbonyl (C=O) groups is 1. The molecule has 1 amide bonds. The Morgan fingerprint density at radius 1 is 1.35 bits per heavy atom. The molecule has 0 radical (unpaired) electrons. The van der Waals surface area contributed by atoms with E-state index in [1.165, 1.54) is 0 Å². The third-order valence-corrected chi connectivity index (χ3v) is 5.14. The van der Waals surface area contributed by atoms with Gasteiger partial charge in [0.1, 0.15) is 0 Å². The summed E-state index contributed by atoms with van der Waals surface area (Å²) in [5.41, 5.74) is 0.327. The SMILES string of the molecule is CC(CC(=O)N1CC2CNCC2C1(C)C)CC(C)(C)C. The molecule has 1 N–H and O–H groups in total. The zero-order valence-corrected chi connectivity index (χ0v) is 14.1. The average Bonchev–Trinajstić information content (AvgIpc) is 2.78. The lowest BCUT2D eigenvalue weighted by Crippen LogP contribution is -2.48. The van der Waals surface area contributed by atoms with Gasteiger partial charge in [0.25, 0.3) is 0 Å². The Morgan fingerprint density at radius 3 is 2.55 bits per heavy atom. The molecule has 3 unspecified atom stereocenters. The Bertz CT molecular complexity index is 370. The van der Waals surface area contributed by atoms with E-state index < -0.39 is 0 Å². The zero-order valence-electron chi connectivity index (χ0n) is 14.1. The molecule has 3 atom stereocenters. The van der Waals surface area contributed by atoms with Gasteiger partial charge in [-0.25, -0.2) is 0 Å². The molecule has 0 saturated carbocycles. The quantitative estimate of drug-likeness (QED) is 0.862. The van der Waals surface area contributed by atoms with Crippen molar-refractivity contribution in [3.8, 4) is 0 Å². The number of carbonyl (C=O) groups excluding carboxylic acids is 1. The number of likely N-dealkylation sites (tertiary alicyclic amines) is 1. The summed E-state index contributed by atoms with van der Waals surface area (Å²) in [5.74, 6) is 2.12. The fourth-order valence-corrected chi connectivity index (χ4v) is 4.37. The van der Waals surface area contributed by atoms with E-state index in [1.54, 1.807) is 0 Å².